The SMILES string of the molecule is O=C(NC1CC2(CCC2)C1)c1c(O)c2cccnc2n(Cc2ccc(F)cc2)c1=O. The van der Waals surface area contributed by atoms with Gasteiger partial charge in [0.2, 0.25) is 0 Å². The van der Waals surface area contributed by atoms with Crippen LogP contribution in [0.4, 0.5) is 4.39 Å². The molecule has 2 aromatic heterocycles. The fourth-order valence-corrected chi connectivity index (χ4v) is 4.82. The van der Waals surface area contributed by atoms with Crippen molar-refractivity contribution in [1.82, 2.24) is 14.9 Å². The zero-order valence-corrected chi connectivity index (χ0v) is 16.4. The second-order valence-corrected chi connectivity index (χ2v) is 8.55. The quantitative estimate of drug-likeness (QED) is 0.695. The van der Waals surface area contributed by atoms with Gasteiger partial charge in [-0.1, -0.05) is 18.6 Å². The van der Waals surface area contributed by atoms with Crippen molar-refractivity contribution in [3.05, 3.63) is 69.9 Å². The Morgan fingerprint density at radius 2 is 1.97 bits per heavy atom. The Hall–Kier alpha value is -3.22. The summed E-state index contributed by atoms with van der Waals surface area (Å²) in [5.41, 5.74) is 0.465. The minimum Gasteiger partial charge on any atom is -0.506 e. The molecule has 7 heteroatoms. The lowest BCUT2D eigenvalue weighted by Gasteiger charge is -2.54. The normalized spacial score (nSPS) is 17.5. The summed E-state index contributed by atoms with van der Waals surface area (Å²) in [5.74, 6) is -1.28. The minimum absolute atomic E-state index is 0.0340. The topological polar surface area (TPSA) is 84.2 Å². The van der Waals surface area contributed by atoms with E-state index < -0.39 is 11.5 Å². The molecule has 3 aromatic rings. The third-order valence-electron chi connectivity index (χ3n) is 6.58. The van der Waals surface area contributed by atoms with Crippen LogP contribution in [0.2, 0.25) is 0 Å². The van der Waals surface area contributed by atoms with Gasteiger partial charge in [-0.2, -0.15) is 0 Å². The molecule has 0 unspecified atom stereocenters. The fourth-order valence-electron chi connectivity index (χ4n) is 4.82. The summed E-state index contributed by atoms with van der Waals surface area (Å²) >= 11 is 0. The number of benzene rings is 1. The molecule has 1 spiro atoms. The van der Waals surface area contributed by atoms with Crippen LogP contribution in [0.5, 0.6) is 5.75 Å². The lowest BCUT2D eigenvalue weighted by Crippen LogP contribution is -2.54. The Kier molecular flexibility index (Phi) is 4.34. The Bertz CT molecular complexity index is 1190. The van der Waals surface area contributed by atoms with Gasteiger partial charge >= 0.3 is 0 Å². The van der Waals surface area contributed by atoms with E-state index in [0.29, 0.717) is 16.4 Å². The van der Waals surface area contributed by atoms with Crippen LogP contribution < -0.4 is 10.9 Å². The maximum Gasteiger partial charge on any atom is 0.269 e. The predicted molar refractivity (Wildman–Crippen MR) is 110 cm³/mol. The summed E-state index contributed by atoms with van der Waals surface area (Å²) in [6, 6.07) is 9.09. The molecule has 30 heavy (non-hydrogen) atoms. The highest BCUT2D eigenvalue weighted by Gasteiger charge is 2.48. The van der Waals surface area contributed by atoms with Crippen molar-refractivity contribution in [3.8, 4) is 5.75 Å². The van der Waals surface area contributed by atoms with Crippen molar-refractivity contribution in [2.24, 2.45) is 5.41 Å². The van der Waals surface area contributed by atoms with Crippen molar-refractivity contribution < 1.29 is 14.3 Å². The number of aromatic hydroxyl groups is 1. The van der Waals surface area contributed by atoms with E-state index in [1.807, 2.05) is 0 Å². The molecule has 0 bridgehead atoms. The average Bonchev–Trinajstić information content (AvgIpc) is 2.68. The Morgan fingerprint density at radius 3 is 2.63 bits per heavy atom. The smallest absolute Gasteiger partial charge is 0.269 e. The van der Waals surface area contributed by atoms with Crippen LogP contribution in [0.1, 0.15) is 48.0 Å². The second-order valence-electron chi connectivity index (χ2n) is 8.55. The third kappa shape index (κ3) is 3.05. The fraction of sp³-hybridized carbons (Fsp3) is 0.348. The van der Waals surface area contributed by atoms with Gasteiger partial charge in [0.05, 0.1) is 11.9 Å². The molecule has 0 atom stereocenters. The van der Waals surface area contributed by atoms with Crippen molar-refractivity contribution in [2.75, 3.05) is 0 Å². The number of pyridine rings is 2. The molecule has 1 amide bonds. The van der Waals surface area contributed by atoms with Crippen molar-refractivity contribution in [2.45, 2.75) is 44.7 Å². The van der Waals surface area contributed by atoms with E-state index in [-0.39, 0.29) is 35.4 Å². The highest BCUT2D eigenvalue weighted by Crippen LogP contribution is 2.55. The lowest BCUT2D eigenvalue weighted by molar-refractivity contribution is -0.000677. The summed E-state index contributed by atoms with van der Waals surface area (Å²) in [5, 5.41) is 14.0. The molecule has 0 aliphatic heterocycles. The number of nitrogens with one attached hydrogen (secondary N) is 1. The monoisotopic (exact) mass is 407 g/mol. The molecule has 2 N–H and O–H groups in total. The number of halogens is 1. The number of amides is 1. The number of nitrogens with zero attached hydrogens (tertiary/aromatic N) is 2. The van der Waals surface area contributed by atoms with Gasteiger partial charge in [-0.25, -0.2) is 9.37 Å². The number of carbonyl (C=O) groups excluding carboxylic acids is 1. The molecule has 2 aliphatic rings. The largest absolute Gasteiger partial charge is 0.506 e. The molecule has 0 radical (unpaired) electrons. The second kappa shape index (κ2) is 6.93. The number of hydrogen-bond donors (Lipinski definition) is 2. The summed E-state index contributed by atoms with van der Waals surface area (Å²) in [4.78, 5) is 30.4. The van der Waals surface area contributed by atoms with E-state index in [0.717, 1.165) is 12.8 Å². The molecule has 2 fully saturated rings. The maximum absolute atomic E-state index is 13.3. The number of carbonyl (C=O) groups is 1. The Morgan fingerprint density at radius 1 is 1.23 bits per heavy atom. The lowest BCUT2D eigenvalue weighted by atomic mass is 9.54. The predicted octanol–water partition coefficient (Wildman–Crippen LogP) is 3.35. The number of hydrogen-bond acceptors (Lipinski definition) is 4. The molecule has 154 valence electrons. The first-order valence-corrected chi connectivity index (χ1v) is 10.2. The summed E-state index contributed by atoms with van der Waals surface area (Å²) < 4.78 is 14.6. The third-order valence-corrected chi connectivity index (χ3v) is 6.58. The standard InChI is InChI=1S/C23H22FN3O3/c24-15-6-4-14(5-7-15)13-27-20-17(3-1-10-25-20)19(28)18(22(27)30)21(29)26-16-11-23(12-16)8-2-9-23/h1,3-7,10,16,28H,2,8-9,11-13H2,(H,26,29). The Balaban J connectivity index is 1.52. The maximum atomic E-state index is 13.3. The van der Waals surface area contributed by atoms with Crippen LogP contribution in [-0.2, 0) is 6.54 Å². The van der Waals surface area contributed by atoms with Crippen LogP contribution in [0, 0.1) is 11.2 Å². The molecular weight excluding hydrogens is 385 g/mol. The van der Waals surface area contributed by atoms with Gasteiger partial charge in [-0.05, 0) is 60.9 Å². The van der Waals surface area contributed by atoms with Crippen LogP contribution in [0.25, 0.3) is 11.0 Å². The van der Waals surface area contributed by atoms with E-state index in [9.17, 15) is 19.1 Å². The van der Waals surface area contributed by atoms with E-state index in [1.165, 1.54) is 42.2 Å². The number of aromatic nitrogens is 2. The summed E-state index contributed by atoms with van der Waals surface area (Å²) in [7, 11) is 0. The summed E-state index contributed by atoms with van der Waals surface area (Å²) in [6.45, 7) is 0.111. The summed E-state index contributed by atoms with van der Waals surface area (Å²) in [6.07, 6.45) is 7.03. The van der Waals surface area contributed by atoms with E-state index in [4.69, 9.17) is 0 Å². The molecule has 6 nitrogen and oxygen atoms in total. The van der Waals surface area contributed by atoms with Gasteiger partial charge in [0.15, 0.2) is 0 Å². The molecule has 2 saturated carbocycles. The molecular formula is C23H22FN3O3. The van der Waals surface area contributed by atoms with Gasteiger partial charge in [-0.3, -0.25) is 14.2 Å². The zero-order chi connectivity index (χ0) is 20.9. The van der Waals surface area contributed by atoms with Gasteiger partial charge < -0.3 is 10.4 Å². The highest BCUT2D eigenvalue weighted by molar-refractivity contribution is 6.01. The van der Waals surface area contributed by atoms with Gasteiger partial charge in [0.1, 0.15) is 22.8 Å². The van der Waals surface area contributed by atoms with Gasteiger partial charge in [-0.15, -0.1) is 0 Å². The number of rotatable bonds is 4. The highest BCUT2D eigenvalue weighted by atomic mass is 19.1. The zero-order valence-electron chi connectivity index (χ0n) is 16.4. The molecule has 1 aromatic carbocycles. The van der Waals surface area contributed by atoms with Crippen LogP contribution >= 0.6 is 0 Å². The van der Waals surface area contributed by atoms with E-state index in [1.54, 1.807) is 24.3 Å². The minimum atomic E-state index is -0.613. The average molecular weight is 407 g/mol. The van der Waals surface area contributed by atoms with Crippen LogP contribution in [-0.4, -0.2) is 26.6 Å². The van der Waals surface area contributed by atoms with Crippen molar-refractivity contribution in [3.63, 3.8) is 0 Å². The van der Waals surface area contributed by atoms with Crippen LogP contribution in [0.15, 0.2) is 47.4 Å². The first-order chi connectivity index (χ1) is 14.5. The van der Waals surface area contributed by atoms with Gasteiger partial charge in [0, 0.05) is 12.2 Å². The van der Waals surface area contributed by atoms with E-state index in [2.05, 4.69) is 10.3 Å². The molecule has 2 aliphatic carbocycles. The van der Waals surface area contributed by atoms with Crippen LogP contribution in [0.3, 0.4) is 0 Å². The Labute approximate surface area is 172 Å². The molecule has 5 rings (SSSR count). The first kappa shape index (κ1) is 18.8. The van der Waals surface area contributed by atoms with Crippen molar-refractivity contribution in [1.29, 1.82) is 0 Å². The van der Waals surface area contributed by atoms with E-state index >= 15 is 0 Å². The van der Waals surface area contributed by atoms with Crippen molar-refractivity contribution >= 4 is 16.9 Å². The van der Waals surface area contributed by atoms with Gasteiger partial charge in [0.25, 0.3) is 11.5 Å². The molecule has 2 heterocycles. The first-order valence-electron chi connectivity index (χ1n) is 10.2. The number of fused-ring (bicyclic) bond motifs is 1. The molecule has 0 saturated heterocycles.